The van der Waals surface area contributed by atoms with Crippen LogP contribution < -0.4 is 10.6 Å². The first kappa shape index (κ1) is 17.0. The summed E-state index contributed by atoms with van der Waals surface area (Å²) in [5.74, 6) is -0.930. The van der Waals surface area contributed by atoms with Crippen molar-refractivity contribution in [3.05, 3.63) is 46.3 Å². The summed E-state index contributed by atoms with van der Waals surface area (Å²) in [6.07, 6.45) is 4.55. The Hall–Kier alpha value is -2.41. The van der Waals surface area contributed by atoms with Gasteiger partial charge in [0.1, 0.15) is 5.82 Å². The number of hydrogen-bond donors (Lipinski definition) is 2. The zero-order chi connectivity index (χ0) is 18.3. The van der Waals surface area contributed by atoms with Crippen LogP contribution in [0.4, 0.5) is 10.1 Å². The molecule has 0 saturated heterocycles. The van der Waals surface area contributed by atoms with E-state index < -0.39 is 11.7 Å². The summed E-state index contributed by atoms with van der Waals surface area (Å²) in [5.41, 5.74) is 1.39. The Labute approximate surface area is 154 Å². The van der Waals surface area contributed by atoms with Crippen LogP contribution in [0.3, 0.4) is 0 Å². The zero-order valence-electron chi connectivity index (χ0n) is 14.0. The normalized spacial score (nSPS) is 16.1. The number of amides is 2. The first-order valence-corrected chi connectivity index (χ1v) is 9.07. The van der Waals surface area contributed by atoms with Crippen molar-refractivity contribution in [3.8, 4) is 0 Å². The third-order valence-electron chi connectivity index (χ3n) is 4.63. The van der Waals surface area contributed by atoms with Gasteiger partial charge in [-0.2, -0.15) is 0 Å². The molecule has 2 N–H and O–H groups in total. The third kappa shape index (κ3) is 3.31. The van der Waals surface area contributed by atoms with Gasteiger partial charge in [-0.1, -0.05) is 11.6 Å². The predicted octanol–water partition coefficient (Wildman–Crippen LogP) is 3.16. The quantitative estimate of drug-likeness (QED) is 0.860. The standard InChI is InChI=1S/C18H18ClFN4O2/c19-12-9-11(6-7-13(12)20)22-17(25)15-14-3-1-2-8-24(14)16(23-15)18(26)21-10-4-5-10/h6-7,9-10H,1-5,8H2,(H,21,26)(H,22,25). The van der Waals surface area contributed by atoms with E-state index in [1.807, 2.05) is 4.57 Å². The number of halogens is 2. The molecule has 2 aromatic rings. The minimum atomic E-state index is -0.553. The zero-order valence-corrected chi connectivity index (χ0v) is 14.8. The SMILES string of the molecule is O=C(Nc1ccc(F)c(Cl)c1)c1nc(C(=O)NC2CC2)n2c1CCCC2. The van der Waals surface area contributed by atoms with E-state index >= 15 is 0 Å². The number of nitrogens with zero attached hydrogens (tertiary/aromatic N) is 2. The van der Waals surface area contributed by atoms with E-state index in [2.05, 4.69) is 15.6 Å². The number of aromatic nitrogens is 2. The number of hydrogen-bond acceptors (Lipinski definition) is 3. The average molecular weight is 377 g/mol. The maximum absolute atomic E-state index is 13.3. The molecule has 1 saturated carbocycles. The van der Waals surface area contributed by atoms with Crippen LogP contribution in [0.15, 0.2) is 18.2 Å². The van der Waals surface area contributed by atoms with Gasteiger partial charge in [-0.25, -0.2) is 9.37 Å². The molecule has 0 radical (unpaired) electrons. The third-order valence-corrected chi connectivity index (χ3v) is 4.92. The van der Waals surface area contributed by atoms with Crippen LogP contribution in [0.2, 0.25) is 5.02 Å². The van der Waals surface area contributed by atoms with Crippen molar-refractivity contribution in [2.75, 3.05) is 5.32 Å². The summed E-state index contributed by atoms with van der Waals surface area (Å²) in [5, 5.41) is 5.54. The number of imidazole rings is 1. The van der Waals surface area contributed by atoms with Gasteiger partial charge < -0.3 is 15.2 Å². The van der Waals surface area contributed by atoms with Crippen LogP contribution in [-0.2, 0) is 13.0 Å². The topological polar surface area (TPSA) is 76.0 Å². The Balaban J connectivity index is 1.62. The highest BCUT2D eigenvalue weighted by Crippen LogP contribution is 2.25. The van der Waals surface area contributed by atoms with Gasteiger partial charge in [0.25, 0.3) is 11.8 Å². The predicted molar refractivity (Wildman–Crippen MR) is 95.0 cm³/mol. The molecular weight excluding hydrogens is 359 g/mol. The fourth-order valence-corrected chi connectivity index (χ4v) is 3.32. The molecule has 8 heteroatoms. The number of carbonyl (C=O) groups is 2. The van der Waals surface area contributed by atoms with Crippen molar-refractivity contribution >= 4 is 29.1 Å². The summed E-state index contributed by atoms with van der Waals surface area (Å²) in [6.45, 7) is 0.672. The molecule has 26 heavy (non-hydrogen) atoms. The first-order valence-electron chi connectivity index (χ1n) is 8.69. The van der Waals surface area contributed by atoms with Crippen molar-refractivity contribution in [1.29, 1.82) is 0 Å². The minimum absolute atomic E-state index is 0.0702. The second-order valence-electron chi connectivity index (χ2n) is 6.67. The fourth-order valence-electron chi connectivity index (χ4n) is 3.14. The van der Waals surface area contributed by atoms with Crippen LogP contribution in [0, 0.1) is 5.82 Å². The number of carbonyl (C=O) groups excluding carboxylic acids is 2. The number of nitrogens with one attached hydrogen (secondary N) is 2. The Kier molecular flexibility index (Phi) is 4.40. The monoisotopic (exact) mass is 376 g/mol. The Morgan fingerprint density at radius 1 is 1.23 bits per heavy atom. The molecule has 4 rings (SSSR count). The molecule has 136 valence electrons. The van der Waals surface area contributed by atoms with Crippen molar-refractivity contribution in [1.82, 2.24) is 14.9 Å². The minimum Gasteiger partial charge on any atom is -0.347 e. The second kappa shape index (κ2) is 6.72. The van der Waals surface area contributed by atoms with Gasteiger partial charge in [0.2, 0.25) is 0 Å². The van der Waals surface area contributed by atoms with E-state index in [1.165, 1.54) is 18.2 Å². The highest BCUT2D eigenvalue weighted by molar-refractivity contribution is 6.31. The molecule has 2 aliphatic rings. The van der Waals surface area contributed by atoms with Crippen molar-refractivity contribution in [2.24, 2.45) is 0 Å². The first-order chi connectivity index (χ1) is 12.5. The molecule has 2 heterocycles. The Morgan fingerprint density at radius 2 is 2.04 bits per heavy atom. The smallest absolute Gasteiger partial charge is 0.287 e. The van der Waals surface area contributed by atoms with Gasteiger partial charge in [0.05, 0.1) is 10.7 Å². The van der Waals surface area contributed by atoms with Crippen molar-refractivity contribution < 1.29 is 14.0 Å². The molecule has 0 unspecified atom stereocenters. The lowest BCUT2D eigenvalue weighted by Gasteiger charge is -2.17. The fraction of sp³-hybridized carbons (Fsp3) is 0.389. The van der Waals surface area contributed by atoms with Crippen LogP contribution in [0.25, 0.3) is 0 Å². The molecular formula is C18H18ClFN4O2. The van der Waals surface area contributed by atoms with Crippen molar-refractivity contribution in [2.45, 2.75) is 44.7 Å². The molecule has 1 aromatic carbocycles. The lowest BCUT2D eigenvalue weighted by atomic mass is 10.1. The molecule has 1 aliphatic heterocycles. The molecule has 1 fully saturated rings. The molecule has 6 nitrogen and oxygen atoms in total. The molecule has 1 aliphatic carbocycles. The van der Waals surface area contributed by atoms with E-state index in [0.29, 0.717) is 18.7 Å². The maximum atomic E-state index is 13.3. The van der Waals surface area contributed by atoms with Gasteiger partial charge in [-0.15, -0.1) is 0 Å². The van der Waals surface area contributed by atoms with E-state index in [4.69, 9.17) is 11.6 Å². The molecule has 2 amide bonds. The van der Waals surface area contributed by atoms with E-state index in [0.717, 1.165) is 31.4 Å². The van der Waals surface area contributed by atoms with Crippen LogP contribution in [-0.4, -0.2) is 27.4 Å². The lowest BCUT2D eigenvalue weighted by molar-refractivity contribution is 0.0935. The van der Waals surface area contributed by atoms with Crippen LogP contribution >= 0.6 is 11.6 Å². The van der Waals surface area contributed by atoms with Gasteiger partial charge in [0.15, 0.2) is 11.5 Å². The summed E-state index contributed by atoms with van der Waals surface area (Å²) in [7, 11) is 0. The largest absolute Gasteiger partial charge is 0.347 e. The van der Waals surface area contributed by atoms with Crippen molar-refractivity contribution in [3.63, 3.8) is 0 Å². The maximum Gasteiger partial charge on any atom is 0.287 e. The van der Waals surface area contributed by atoms with Gasteiger partial charge in [0, 0.05) is 18.3 Å². The summed E-state index contributed by atoms with van der Waals surface area (Å²) in [6, 6.07) is 4.19. The number of anilines is 1. The van der Waals surface area contributed by atoms with Gasteiger partial charge in [-0.3, -0.25) is 9.59 Å². The number of rotatable bonds is 4. The number of benzene rings is 1. The molecule has 0 atom stereocenters. The molecule has 1 aromatic heterocycles. The van der Waals surface area contributed by atoms with E-state index in [1.54, 1.807) is 0 Å². The summed E-state index contributed by atoms with van der Waals surface area (Å²) >= 11 is 5.76. The molecule has 0 bridgehead atoms. The summed E-state index contributed by atoms with van der Waals surface area (Å²) in [4.78, 5) is 29.5. The van der Waals surface area contributed by atoms with E-state index in [-0.39, 0.29) is 28.5 Å². The molecule has 0 spiro atoms. The second-order valence-corrected chi connectivity index (χ2v) is 7.08. The van der Waals surface area contributed by atoms with E-state index in [9.17, 15) is 14.0 Å². The highest BCUT2D eigenvalue weighted by atomic mass is 35.5. The Morgan fingerprint density at radius 3 is 2.77 bits per heavy atom. The lowest BCUT2D eigenvalue weighted by Crippen LogP contribution is -2.29. The number of fused-ring (bicyclic) bond motifs is 1. The average Bonchev–Trinajstić information content (AvgIpc) is 3.34. The van der Waals surface area contributed by atoms with Gasteiger partial charge in [-0.05, 0) is 50.3 Å². The van der Waals surface area contributed by atoms with Crippen LogP contribution in [0.1, 0.15) is 52.5 Å². The Bertz CT molecular complexity index is 892. The highest BCUT2D eigenvalue weighted by Gasteiger charge is 2.30. The van der Waals surface area contributed by atoms with Gasteiger partial charge >= 0.3 is 0 Å². The summed E-state index contributed by atoms with van der Waals surface area (Å²) < 4.78 is 15.1. The van der Waals surface area contributed by atoms with Crippen LogP contribution in [0.5, 0.6) is 0 Å².